The van der Waals surface area contributed by atoms with E-state index in [1.807, 2.05) is 7.05 Å². The Kier molecular flexibility index (Phi) is 10.5. The van der Waals surface area contributed by atoms with Crippen molar-refractivity contribution in [3.63, 3.8) is 0 Å². The number of piperidine rings is 1. The van der Waals surface area contributed by atoms with Crippen molar-refractivity contribution in [1.29, 1.82) is 0 Å². The van der Waals surface area contributed by atoms with Gasteiger partial charge in [0.2, 0.25) is 0 Å². The maximum atomic E-state index is 5.17. The molecule has 0 amide bonds. The van der Waals surface area contributed by atoms with E-state index in [2.05, 4.69) is 27.4 Å². The van der Waals surface area contributed by atoms with Crippen LogP contribution in [0.2, 0.25) is 0 Å². The molecule has 1 aliphatic carbocycles. The molecule has 2 fully saturated rings. The van der Waals surface area contributed by atoms with E-state index in [0.29, 0.717) is 11.5 Å². The second kappa shape index (κ2) is 11.5. The van der Waals surface area contributed by atoms with Gasteiger partial charge in [0.25, 0.3) is 0 Å². The van der Waals surface area contributed by atoms with E-state index in [1.54, 1.807) is 7.11 Å². The van der Waals surface area contributed by atoms with Crippen LogP contribution in [0.1, 0.15) is 51.9 Å². The average molecular weight is 452 g/mol. The average Bonchev–Trinajstić information content (AvgIpc) is 3.07. The maximum Gasteiger partial charge on any atom is 0.191 e. The lowest BCUT2D eigenvalue weighted by Gasteiger charge is -2.34. The third-order valence-corrected chi connectivity index (χ3v) is 5.81. The fourth-order valence-corrected chi connectivity index (χ4v) is 3.96. The summed E-state index contributed by atoms with van der Waals surface area (Å²) in [5, 5.41) is 7.23. The summed E-state index contributed by atoms with van der Waals surface area (Å²) in [7, 11) is 3.66. The summed E-state index contributed by atoms with van der Waals surface area (Å²) in [4.78, 5) is 6.93. The Labute approximate surface area is 165 Å². The summed E-state index contributed by atoms with van der Waals surface area (Å²) in [6.45, 7) is 7.58. The molecule has 0 radical (unpaired) electrons. The molecule has 0 aromatic rings. The molecule has 2 aliphatic rings. The molecule has 1 saturated carbocycles. The van der Waals surface area contributed by atoms with Gasteiger partial charge in [0.15, 0.2) is 5.96 Å². The third kappa shape index (κ3) is 6.67. The van der Waals surface area contributed by atoms with Crippen LogP contribution < -0.4 is 10.6 Å². The van der Waals surface area contributed by atoms with E-state index in [4.69, 9.17) is 4.74 Å². The number of nitrogens with zero attached hydrogens (tertiary/aromatic N) is 2. The van der Waals surface area contributed by atoms with Crippen molar-refractivity contribution < 1.29 is 4.74 Å². The summed E-state index contributed by atoms with van der Waals surface area (Å²) in [5.41, 5.74) is 0.501. The number of rotatable bonds is 7. The minimum absolute atomic E-state index is 0. The van der Waals surface area contributed by atoms with Gasteiger partial charge < -0.3 is 20.3 Å². The van der Waals surface area contributed by atoms with Crippen molar-refractivity contribution in [2.24, 2.45) is 10.4 Å². The second-order valence-corrected chi connectivity index (χ2v) is 7.24. The first-order valence-electron chi connectivity index (χ1n) is 9.40. The summed E-state index contributed by atoms with van der Waals surface area (Å²) in [6, 6.07) is 0.543. The van der Waals surface area contributed by atoms with Crippen LogP contribution in [-0.2, 0) is 4.74 Å². The Morgan fingerprint density at radius 1 is 1.25 bits per heavy atom. The third-order valence-electron chi connectivity index (χ3n) is 5.81. The minimum atomic E-state index is 0. The molecule has 0 atom stereocenters. The summed E-state index contributed by atoms with van der Waals surface area (Å²) in [6.07, 6.45) is 9.15. The van der Waals surface area contributed by atoms with Gasteiger partial charge in [0, 0.05) is 46.4 Å². The van der Waals surface area contributed by atoms with Gasteiger partial charge in [-0.2, -0.15) is 0 Å². The molecule has 6 heteroatoms. The maximum absolute atomic E-state index is 5.17. The number of guanidine groups is 1. The molecular formula is C18H37IN4O. The molecule has 24 heavy (non-hydrogen) atoms. The van der Waals surface area contributed by atoms with Gasteiger partial charge in [-0.05, 0) is 37.5 Å². The van der Waals surface area contributed by atoms with Gasteiger partial charge in [0.1, 0.15) is 0 Å². The summed E-state index contributed by atoms with van der Waals surface area (Å²) >= 11 is 0. The zero-order valence-electron chi connectivity index (χ0n) is 15.8. The van der Waals surface area contributed by atoms with Crippen molar-refractivity contribution in [1.82, 2.24) is 15.5 Å². The van der Waals surface area contributed by atoms with E-state index < -0.39 is 0 Å². The van der Waals surface area contributed by atoms with Gasteiger partial charge in [-0.15, -0.1) is 24.0 Å². The fraction of sp³-hybridized carbons (Fsp3) is 0.944. The Balaban J connectivity index is 0.00000288. The number of ether oxygens (including phenoxy) is 1. The van der Waals surface area contributed by atoms with Crippen molar-refractivity contribution in [2.75, 3.05) is 46.9 Å². The lowest BCUT2D eigenvalue weighted by Crippen LogP contribution is -2.50. The topological polar surface area (TPSA) is 48.9 Å². The van der Waals surface area contributed by atoms with Crippen LogP contribution in [0.15, 0.2) is 4.99 Å². The molecule has 2 rings (SSSR count). The molecule has 0 spiro atoms. The van der Waals surface area contributed by atoms with Gasteiger partial charge in [-0.1, -0.05) is 19.8 Å². The predicted octanol–water partition coefficient (Wildman–Crippen LogP) is 2.85. The van der Waals surface area contributed by atoms with Crippen molar-refractivity contribution in [3.8, 4) is 0 Å². The highest BCUT2D eigenvalue weighted by Gasteiger charge is 2.32. The van der Waals surface area contributed by atoms with Crippen LogP contribution in [0.25, 0.3) is 0 Å². The Morgan fingerprint density at radius 3 is 2.46 bits per heavy atom. The van der Waals surface area contributed by atoms with E-state index in [9.17, 15) is 0 Å². The highest BCUT2D eigenvalue weighted by atomic mass is 127. The van der Waals surface area contributed by atoms with E-state index in [1.165, 1.54) is 44.9 Å². The first-order chi connectivity index (χ1) is 11.2. The van der Waals surface area contributed by atoms with Crippen LogP contribution in [0, 0.1) is 5.41 Å². The summed E-state index contributed by atoms with van der Waals surface area (Å²) in [5.74, 6) is 0.986. The predicted molar refractivity (Wildman–Crippen MR) is 112 cm³/mol. The lowest BCUT2D eigenvalue weighted by molar-refractivity contribution is 0.128. The zero-order chi connectivity index (χ0) is 16.5. The van der Waals surface area contributed by atoms with Crippen LogP contribution in [0.4, 0.5) is 0 Å². The first kappa shape index (κ1) is 22.0. The van der Waals surface area contributed by atoms with Crippen LogP contribution >= 0.6 is 24.0 Å². The second-order valence-electron chi connectivity index (χ2n) is 7.24. The molecule has 0 aromatic heterocycles. The Hall–Kier alpha value is -0.0800. The smallest absolute Gasteiger partial charge is 0.191 e. The monoisotopic (exact) mass is 452 g/mol. The molecule has 0 unspecified atom stereocenters. The fourth-order valence-electron chi connectivity index (χ4n) is 3.96. The minimum Gasteiger partial charge on any atom is -0.383 e. The van der Waals surface area contributed by atoms with Crippen molar-refractivity contribution in [2.45, 2.75) is 57.9 Å². The van der Waals surface area contributed by atoms with Gasteiger partial charge in [0.05, 0.1) is 6.61 Å². The largest absolute Gasteiger partial charge is 0.383 e. The molecular weight excluding hydrogens is 415 g/mol. The molecule has 5 nitrogen and oxygen atoms in total. The highest BCUT2D eigenvalue weighted by Crippen LogP contribution is 2.40. The Morgan fingerprint density at radius 2 is 1.92 bits per heavy atom. The highest BCUT2D eigenvalue weighted by molar-refractivity contribution is 14.0. The number of halogens is 1. The van der Waals surface area contributed by atoms with E-state index in [0.717, 1.165) is 38.7 Å². The Bertz CT molecular complexity index is 364. The van der Waals surface area contributed by atoms with Gasteiger partial charge in [-0.3, -0.25) is 4.99 Å². The SMILES string of the molecule is CCC1(CNC(=NC)NC2CCN(CCOC)CC2)CCCC1.I. The molecule has 0 bridgehead atoms. The molecule has 142 valence electrons. The lowest BCUT2D eigenvalue weighted by atomic mass is 9.83. The number of hydrogen-bond acceptors (Lipinski definition) is 3. The standard InChI is InChI=1S/C18H36N4O.HI/c1-4-18(9-5-6-10-18)15-20-17(19-2)21-16-7-11-22(12-8-16)13-14-23-3;/h16H,4-15H2,1-3H3,(H2,19,20,21);1H. The normalized spacial score (nSPS) is 22.2. The van der Waals surface area contributed by atoms with Crippen molar-refractivity contribution >= 4 is 29.9 Å². The van der Waals surface area contributed by atoms with Crippen LogP contribution in [-0.4, -0.2) is 63.8 Å². The van der Waals surface area contributed by atoms with Crippen molar-refractivity contribution in [3.05, 3.63) is 0 Å². The quantitative estimate of drug-likeness (QED) is 0.355. The van der Waals surface area contributed by atoms with Gasteiger partial charge >= 0.3 is 0 Å². The number of hydrogen-bond donors (Lipinski definition) is 2. The summed E-state index contributed by atoms with van der Waals surface area (Å²) < 4.78 is 5.17. The molecule has 2 N–H and O–H groups in total. The number of nitrogens with one attached hydrogen (secondary N) is 2. The molecule has 1 saturated heterocycles. The number of methoxy groups -OCH3 is 1. The molecule has 0 aromatic carbocycles. The molecule has 1 aliphatic heterocycles. The molecule has 1 heterocycles. The van der Waals surface area contributed by atoms with Crippen LogP contribution in [0.5, 0.6) is 0 Å². The zero-order valence-corrected chi connectivity index (χ0v) is 18.1. The number of likely N-dealkylation sites (tertiary alicyclic amines) is 1. The van der Waals surface area contributed by atoms with Crippen LogP contribution in [0.3, 0.4) is 0 Å². The van der Waals surface area contributed by atoms with E-state index in [-0.39, 0.29) is 24.0 Å². The van der Waals surface area contributed by atoms with E-state index >= 15 is 0 Å². The van der Waals surface area contributed by atoms with Gasteiger partial charge in [-0.25, -0.2) is 0 Å². The first-order valence-corrected chi connectivity index (χ1v) is 9.40. The number of aliphatic imine (C=N–C) groups is 1.